The number of amides is 3. The summed E-state index contributed by atoms with van der Waals surface area (Å²) in [5, 5.41) is 2.79. The molecule has 0 bridgehead atoms. The van der Waals surface area contributed by atoms with Gasteiger partial charge in [-0.05, 0) is 18.2 Å². The van der Waals surface area contributed by atoms with Crippen molar-refractivity contribution in [3.63, 3.8) is 0 Å². The van der Waals surface area contributed by atoms with Crippen molar-refractivity contribution in [2.45, 2.75) is 12.0 Å². The number of rotatable bonds is 3. The van der Waals surface area contributed by atoms with Gasteiger partial charge in [0.1, 0.15) is 5.75 Å². The van der Waals surface area contributed by atoms with Gasteiger partial charge in [-0.3, -0.25) is 14.5 Å². The van der Waals surface area contributed by atoms with Gasteiger partial charge < -0.3 is 14.6 Å². The number of nitrogens with one attached hydrogen (secondary N) is 1. The molecule has 1 fully saturated rings. The zero-order chi connectivity index (χ0) is 17.6. The van der Waals surface area contributed by atoms with Gasteiger partial charge in [0.2, 0.25) is 0 Å². The van der Waals surface area contributed by atoms with Gasteiger partial charge in [-0.2, -0.15) is 0 Å². The summed E-state index contributed by atoms with van der Waals surface area (Å²) in [4.78, 5) is 39.0. The average Bonchev–Trinajstić information content (AvgIpc) is 3.13. The topological polar surface area (TPSA) is 80.6 Å². The molecular weight excluding hydrogens is 322 g/mol. The summed E-state index contributed by atoms with van der Waals surface area (Å²) in [7, 11) is 1.75. The molecule has 0 aliphatic carbocycles. The third kappa shape index (κ3) is 2.23. The molecule has 7 nitrogen and oxygen atoms in total. The van der Waals surface area contributed by atoms with Crippen molar-refractivity contribution < 1.29 is 19.1 Å². The van der Waals surface area contributed by atoms with Crippen LogP contribution in [0.3, 0.4) is 0 Å². The van der Waals surface area contributed by atoms with Crippen molar-refractivity contribution >= 4 is 17.7 Å². The van der Waals surface area contributed by atoms with E-state index < -0.39 is 17.5 Å². The third-order valence-corrected chi connectivity index (χ3v) is 4.79. The summed E-state index contributed by atoms with van der Waals surface area (Å²) in [5.41, 5.74) is -0.0669. The average molecular weight is 339 g/mol. The predicted octanol–water partition coefficient (Wildman–Crippen LogP) is 1.44. The van der Waals surface area contributed by atoms with E-state index in [2.05, 4.69) is 5.32 Å². The van der Waals surface area contributed by atoms with E-state index in [1.54, 1.807) is 48.1 Å². The van der Waals surface area contributed by atoms with Crippen LogP contribution in [-0.2, 0) is 17.4 Å². The molecule has 1 saturated heterocycles. The molecule has 2 aromatic rings. The maximum Gasteiger partial charge on any atom is 0.325 e. The van der Waals surface area contributed by atoms with Crippen LogP contribution >= 0.6 is 0 Å². The number of Topliss-reactive ketones (excluding diaryl/α,β-unsaturated/α-hetero) is 1. The summed E-state index contributed by atoms with van der Waals surface area (Å²) in [6.45, 7) is 0.0376. The number of urea groups is 1. The van der Waals surface area contributed by atoms with Crippen molar-refractivity contribution in [1.82, 2.24) is 14.8 Å². The zero-order valence-electron chi connectivity index (χ0n) is 13.7. The van der Waals surface area contributed by atoms with E-state index in [1.807, 2.05) is 6.07 Å². The van der Waals surface area contributed by atoms with E-state index in [0.29, 0.717) is 30.0 Å². The summed E-state index contributed by atoms with van der Waals surface area (Å²) in [6, 6.07) is 10.0. The van der Waals surface area contributed by atoms with Gasteiger partial charge >= 0.3 is 6.03 Å². The van der Waals surface area contributed by atoms with Crippen LogP contribution in [0, 0.1) is 0 Å². The maximum atomic E-state index is 13.1. The number of carbonyl (C=O) groups excluding carboxylic acids is 3. The number of imide groups is 1. The van der Waals surface area contributed by atoms with Crippen LogP contribution in [0.15, 0.2) is 42.6 Å². The number of carbonyl (C=O) groups is 3. The van der Waals surface area contributed by atoms with Crippen LogP contribution in [0.25, 0.3) is 0 Å². The highest BCUT2D eigenvalue weighted by Crippen LogP contribution is 2.40. The third-order valence-electron chi connectivity index (χ3n) is 4.79. The molecule has 2 aliphatic rings. The smallest absolute Gasteiger partial charge is 0.325 e. The number of hydrogen-bond donors (Lipinski definition) is 1. The zero-order valence-corrected chi connectivity index (χ0v) is 13.7. The number of ether oxygens (including phenoxy) is 1. The first-order chi connectivity index (χ1) is 12.0. The van der Waals surface area contributed by atoms with Gasteiger partial charge in [0.05, 0.1) is 18.8 Å². The van der Waals surface area contributed by atoms with Crippen molar-refractivity contribution in [3.05, 3.63) is 53.9 Å². The molecule has 0 saturated carbocycles. The first kappa shape index (κ1) is 15.4. The van der Waals surface area contributed by atoms with Gasteiger partial charge in [-0.25, -0.2) is 4.79 Å². The summed E-state index contributed by atoms with van der Waals surface area (Å²) >= 11 is 0. The molecule has 25 heavy (non-hydrogen) atoms. The molecule has 1 aromatic heterocycles. The van der Waals surface area contributed by atoms with E-state index in [9.17, 15) is 14.4 Å². The molecule has 0 radical (unpaired) electrons. The number of aryl methyl sites for hydroxylation is 1. The molecular formula is C18H17N3O4. The Morgan fingerprint density at radius 1 is 1.24 bits per heavy atom. The Labute approximate surface area is 144 Å². The molecule has 1 N–H and O–H groups in total. The fraction of sp³-hybridized carbons (Fsp3) is 0.278. The minimum Gasteiger partial charge on any atom is -0.493 e. The number of ketones is 1. The molecule has 3 heterocycles. The minimum atomic E-state index is -1.15. The van der Waals surface area contributed by atoms with E-state index in [0.717, 1.165) is 4.90 Å². The Hall–Kier alpha value is -3.09. The van der Waals surface area contributed by atoms with Crippen LogP contribution in [0.4, 0.5) is 4.79 Å². The standard InChI is InChI=1S/C18H17N3O4/c1-20-9-4-6-13(20)14(22)11-21-16(23)18(19-17(21)24)8-10-25-15-7-3-2-5-12(15)18/h2-7,9H,8,10-11H2,1H3,(H,19,24)/t18-/m1/s1. The fourth-order valence-corrected chi connectivity index (χ4v) is 3.49. The van der Waals surface area contributed by atoms with E-state index in [-0.39, 0.29) is 12.3 Å². The lowest BCUT2D eigenvalue weighted by Crippen LogP contribution is -2.47. The largest absolute Gasteiger partial charge is 0.493 e. The number of para-hydroxylation sites is 1. The van der Waals surface area contributed by atoms with Crippen molar-refractivity contribution in [2.75, 3.05) is 13.2 Å². The van der Waals surface area contributed by atoms with E-state index in [4.69, 9.17) is 4.74 Å². The second kappa shape index (κ2) is 5.47. The quantitative estimate of drug-likeness (QED) is 0.678. The van der Waals surface area contributed by atoms with Crippen LogP contribution in [0.5, 0.6) is 5.75 Å². The normalized spacial score (nSPS) is 21.9. The number of benzene rings is 1. The van der Waals surface area contributed by atoms with Crippen molar-refractivity contribution in [1.29, 1.82) is 0 Å². The second-order valence-electron chi connectivity index (χ2n) is 6.25. The van der Waals surface area contributed by atoms with Crippen LogP contribution in [0.1, 0.15) is 22.5 Å². The summed E-state index contributed by atoms with van der Waals surface area (Å²) < 4.78 is 7.26. The number of hydrogen-bond acceptors (Lipinski definition) is 4. The molecule has 1 aromatic carbocycles. The minimum absolute atomic E-state index is 0.284. The van der Waals surface area contributed by atoms with Crippen LogP contribution < -0.4 is 10.1 Å². The number of nitrogens with zero attached hydrogens (tertiary/aromatic N) is 2. The van der Waals surface area contributed by atoms with Crippen molar-refractivity contribution in [3.8, 4) is 5.75 Å². The number of fused-ring (bicyclic) bond motifs is 2. The Morgan fingerprint density at radius 3 is 2.80 bits per heavy atom. The lowest BCUT2D eigenvalue weighted by atomic mass is 9.84. The van der Waals surface area contributed by atoms with Crippen molar-refractivity contribution in [2.24, 2.45) is 7.05 Å². The van der Waals surface area contributed by atoms with Gasteiger partial charge in [0.15, 0.2) is 11.3 Å². The SMILES string of the molecule is Cn1cccc1C(=O)CN1C(=O)N[C@@]2(CCOc3ccccc32)C1=O. The first-order valence-corrected chi connectivity index (χ1v) is 8.04. The Kier molecular flexibility index (Phi) is 3.38. The molecule has 7 heteroatoms. The van der Waals surface area contributed by atoms with E-state index in [1.165, 1.54) is 0 Å². The molecule has 1 atom stereocenters. The Balaban J connectivity index is 1.66. The van der Waals surface area contributed by atoms with E-state index >= 15 is 0 Å². The molecule has 3 amide bonds. The maximum absolute atomic E-state index is 13.1. The number of aromatic nitrogens is 1. The monoisotopic (exact) mass is 339 g/mol. The lowest BCUT2D eigenvalue weighted by molar-refractivity contribution is -0.132. The van der Waals surface area contributed by atoms with Crippen LogP contribution in [0.2, 0.25) is 0 Å². The summed E-state index contributed by atoms with van der Waals surface area (Å²) in [6.07, 6.45) is 2.08. The molecule has 4 rings (SSSR count). The highest BCUT2D eigenvalue weighted by Gasteiger charge is 2.55. The highest BCUT2D eigenvalue weighted by atomic mass is 16.5. The predicted molar refractivity (Wildman–Crippen MR) is 88.2 cm³/mol. The summed E-state index contributed by atoms with van der Waals surface area (Å²) in [5.74, 6) is -0.109. The van der Waals surface area contributed by atoms with Gasteiger partial charge in [-0.15, -0.1) is 0 Å². The fourth-order valence-electron chi connectivity index (χ4n) is 3.49. The second-order valence-corrected chi connectivity index (χ2v) is 6.25. The van der Waals surface area contributed by atoms with Gasteiger partial charge in [-0.1, -0.05) is 18.2 Å². The van der Waals surface area contributed by atoms with Gasteiger partial charge in [0.25, 0.3) is 5.91 Å². The molecule has 0 unspecified atom stereocenters. The molecule has 128 valence electrons. The Bertz CT molecular complexity index is 888. The van der Waals surface area contributed by atoms with Crippen LogP contribution in [-0.4, -0.2) is 40.3 Å². The first-order valence-electron chi connectivity index (χ1n) is 8.04. The molecule has 2 aliphatic heterocycles. The highest BCUT2D eigenvalue weighted by molar-refractivity contribution is 6.11. The lowest BCUT2D eigenvalue weighted by Gasteiger charge is -2.33. The molecule has 1 spiro atoms. The Morgan fingerprint density at radius 2 is 2.04 bits per heavy atom. The van der Waals surface area contributed by atoms with Gasteiger partial charge in [0, 0.05) is 25.2 Å².